The molecular formula is C9H12O3. The zero-order valence-corrected chi connectivity index (χ0v) is 6.99. The number of hydrogen-bond donors (Lipinski definition) is 1. The summed E-state index contributed by atoms with van der Waals surface area (Å²) in [6.07, 6.45) is 4.96. The van der Waals surface area contributed by atoms with E-state index in [4.69, 9.17) is 14.3 Å². The molecule has 0 atom stereocenters. The second-order valence-corrected chi connectivity index (χ2v) is 2.33. The summed E-state index contributed by atoms with van der Waals surface area (Å²) in [4.78, 5) is 0. The van der Waals surface area contributed by atoms with Crippen LogP contribution in [0.5, 0.6) is 0 Å². The van der Waals surface area contributed by atoms with Crippen LogP contribution in [0.3, 0.4) is 0 Å². The lowest BCUT2D eigenvalue weighted by molar-refractivity contribution is 0.184. The quantitative estimate of drug-likeness (QED) is 0.739. The normalized spacial score (nSPS) is 11.2. The van der Waals surface area contributed by atoms with Crippen molar-refractivity contribution in [1.29, 1.82) is 0 Å². The molecule has 0 unspecified atom stereocenters. The molecule has 1 N–H and O–H groups in total. The van der Waals surface area contributed by atoms with Gasteiger partial charge in [0.2, 0.25) is 0 Å². The van der Waals surface area contributed by atoms with Crippen LogP contribution in [-0.2, 0) is 11.3 Å². The molecule has 0 bridgehead atoms. The highest BCUT2D eigenvalue weighted by molar-refractivity contribution is 5.47. The van der Waals surface area contributed by atoms with Gasteiger partial charge in [0.05, 0.1) is 19.5 Å². The van der Waals surface area contributed by atoms with Crippen molar-refractivity contribution < 1.29 is 14.3 Å². The molecule has 0 saturated carbocycles. The first kappa shape index (κ1) is 9.03. The van der Waals surface area contributed by atoms with Crippen LogP contribution in [0.4, 0.5) is 0 Å². The van der Waals surface area contributed by atoms with Gasteiger partial charge < -0.3 is 14.3 Å². The van der Waals surface area contributed by atoms with Gasteiger partial charge in [-0.05, 0) is 12.1 Å². The Balaban J connectivity index is 2.69. The fraction of sp³-hybridized carbons (Fsp3) is 0.333. The number of aliphatic hydroxyl groups excluding tert-OH is 1. The molecule has 0 aromatic carbocycles. The molecule has 1 rings (SSSR count). The maximum absolute atomic E-state index is 8.53. The molecule has 1 heterocycles. The van der Waals surface area contributed by atoms with Crippen LogP contribution in [0.25, 0.3) is 6.08 Å². The van der Waals surface area contributed by atoms with Gasteiger partial charge in [0.25, 0.3) is 0 Å². The summed E-state index contributed by atoms with van der Waals surface area (Å²) in [7, 11) is 1.63. The molecule has 0 spiro atoms. The van der Waals surface area contributed by atoms with Crippen molar-refractivity contribution in [2.24, 2.45) is 0 Å². The van der Waals surface area contributed by atoms with E-state index in [1.807, 2.05) is 6.07 Å². The number of furan rings is 1. The SMILES string of the molecule is COCc1ccoc1/C=C/CO. The van der Waals surface area contributed by atoms with Gasteiger partial charge in [-0.15, -0.1) is 0 Å². The number of hydrogen-bond acceptors (Lipinski definition) is 3. The van der Waals surface area contributed by atoms with Crippen LogP contribution in [0, 0.1) is 0 Å². The van der Waals surface area contributed by atoms with Crippen molar-refractivity contribution in [2.75, 3.05) is 13.7 Å². The lowest BCUT2D eigenvalue weighted by atomic mass is 10.2. The Morgan fingerprint density at radius 2 is 2.50 bits per heavy atom. The van der Waals surface area contributed by atoms with Crippen LogP contribution in [0.1, 0.15) is 11.3 Å². The van der Waals surface area contributed by atoms with Gasteiger partial charge in [-0.3, -0.25) is 0 Å². The Hall–Kier alpha value is -1.06. The van der Waals surface area contributed by atoms with Crippen LogP contribution < -0.4 is 0 Å². The minimum absolute atomic E-state index is 0.0210. The summed E-state index contributed by atoms with van der Waals surface area (Å²) in [6, 6.07) is 1.85. The van der Waals surface area contributed by atoms with Crippen molar-refractivity contribution >= 4 is 6.08 Å². The predicted molar refractivity (Wildman–Crippen MR) is 45.5 cm³/mol. The van der Waals surface area contributed by atoms with E-state index in [9.17, 15) is 0 Å². The number of rotatable bonds is 4. The van der Waals surface area contributed by atoms with Crippen molar-refractivity contribution in [3.8, 4) is 0 Å². The third-order valence-corrected chi connectivity index (χ3v) is 1.46. The zero-order chi connectivity index (χ0) is 8.81. The van der Waals surface area contributed by atoms with Crippen molar-refractivity contribution in [3.05, 3.63) is 29.7 Å². The zero-order valence-electron chi connectivity index (χ0n) is 6.99. The highest BCUT2D eigenvalue weighted by atomic mass is 16.5. The molecule has 3 nitrogen and oxygen atoms in total. The summed E-state index contributed by atoms with van der Waals surface area (Å²) in [6.45, 7) is 0.550. The molecule has 12 heavy (non-hydrogen) atoms. The number of methoxy groups -OCH3 is 1. The summed E-state index contributed by atoms with van der Waals surface area (Å²) < 4.78 is 10.1. The molecule has 1 aromatic heterocycles. The Morgan fingerprint density at radius 1 is 1.67 bits per heavy atom. The topological polar surface area (TPSA) is 42.6 Å². The Morgan fingerprint density at radius 3 is 3.17 bits per heavy atom. The van der Waals surface area contributed by atoms with Gasteiger partial charge in [0.1, 0.15) is 5.76 Å². The van der Waals surface area contributed by atoms with E-state index in [1.165, 1.54) is 0 Å². The summed E-state index contributed by atoms with van der Waals surface area (Å²) in [5.41, 5.74) is 0.988. The Labute approximate surface area is 71.3 Å². The van der Waals surface area contributed by atoms with Crippen LogP contribution in [0.15, 0.2) is 22.8 Å². The number of aliphatic hydroxyl groups is 1. The first-order chi connectivity index (χ1) is 5.88. The molecule has 0 amide bonds. The second-order valence-electron chi connectivity index (χ2n) is 2.33. The van der Waals surface area contributed by atoms with Crippen LogP contribution >= 0.6 is 0 Å². The molecular weight excluding hydrogens is 156 g/mol. The van der Waals surface area contributed by atoms with E-state index in [0.717, 1.165) is 11.3 Å². The summed E-state index contributed by atoms with van der Waals surface area (Å²) >= 11 is 0. The molecule has 1 aromatic rings. The van der Waals surface area contributed by atoms with Crippen molar-refractivity contribution in [1.82, 2.24) is 0 Å². The molecule has 0 fully saturated rings. The minimum atomic E-state index is 0.0210. The average molecular weight is 168 g/mol. The summed E-state index contributed by atoms with van der Waals surface area (Å²) in [5.74, 6) is 0.742. The van der Waals surface area contributed by atoms with Crippen molar-refractivity contribution in [3.63, 3.8) is 0 Å². The first-order valence-electron chi connectivity index (χ1n) is 3.71. The van der Waals surface area contributed by atoms with E-state index >= 15 is 0 Å². The van der Waals surface area contributed by atoms with Crippen LogP contribution in [0.2, 0.25) is 0 Å². The monoisotopic (exact) mass is 168 g/mol. The van der Waals surface area contributed by atoms with Gasteiger partial charge in [-0.1, -0.05) is 6.08 Å². The lowest BCUT2D eigenvalue weighted by Crippen LogP contribution is -1.86. The molecule has 0 aliphatic rings. The maximum Gasteiger partial charge on any atom is 0.131 e. The summed E-state index contributed by atoms with van der Waals surface area (Å²) in [5, 5.41) is 8.53. The van der Waals surface area contributed by atoms with Gasteiger partial charge in [-0.2, -0.15) is 0 Å². The van der Waals surface area contributed by atoms with E-state index in [0.29, 0.717) is 6.61 Å². The minimum Gasteiger partial charge on any atom is -0.465 e. The third kappa shape index (κ3) is 2.22. The predicted octanol–water partition coefficient (Wildman–Crippen LogP) is 1.43. The third-order valence-electron chi connectivity index (χ3n) is 1.46. The van der Waals surface area contributed by atoms with Gasteiger partial charge in [-0.25, -0.2) is 0 Å². The molecule has 0 aliphatic carbocycles. The average Bonchev–Trinajstić information content (AvgIpc) is 2.50. The fourth-order valence-electron chi connectivity index (χ4n) is 0.928. The van der Waals surface area contributed by atoms with Gasteiger partial charge >= 0.3 is 0 Å². The molecule has 0 saturated heterocycles. The molecule has 66 valence electrons. The van der Waals surface area contributed by atoms with Crippen molar-refractivity contribution in [2.45, 2.75) is 6.61 Å². The van der Waals surface area contributed by atoms with Gasteiger partial charge in [0, 0.05) is 12.7 Å². The second kappa shape index (κ2) is 4.74. The van der Waals surface area contributed by atoms with E-state index in [-0.39, 0.29) is 6.61 Å². The largest absolute Gasteiger partial charge is 0.465 e. The Kier molecular flexibility index (Phi) is 3.57. The number of ether oxygens (including phenoxy) is 1. The molecule has 3 heteroatoms. The molecule has 0 radical (unpaired) electrons. The van der Waals surface area contributed by atoms with E-state index in [1.54, 1.807) is 25.5 Å². The molecule has 0 aliphatic heterocycles. The van der Waals surface area contributed by atoms with Crippen LogP contribution in [-0.4, -0.2) is 18.8 Å². The highest BCUT2D eigenvalue weighted by Gasteiger charge is 2.00. The van der Waals surface area contributed by atoms with E-state index < -0.39 is 0 Å². The smallest absolute Gasteiger partial charge is 0.131 e. The fourth-order valence-corrected chi connectivity index (χ4v) is 0.928. The van der Waals surface area contributed by atoms with E-state index in [2.05, 4.69) is 0 Å². The lowest BCUT2D eigenvalue weighted by Gasteiger charge is -1.95. The highest BCUT2D eigenvalue weighted by Crippen LogP contribution is 2.12. The Bertz CT molecular complexity index is 250. The standard InChI is InChI=1S/C9H12O3/c1-11-7-8-4-6-12-9(8)3-2-5-10/h2-4,6,10H,5,7H2,1H3/b3-2+. The first-order valence-corrected chi connectivity index (χ1v) is 3.71. The van der Waals surface area contributed by atoms with Gasteiger partial charge in [0.15, 0.2) is 0 Å². The maximum atomic E-state index is 8.53.